The molecule has 0 amide bonds. The highest BCUT2D eigenvalue weighted by atomic mass is 32.1. The summed E-state index contributed by atoms with van der Waals surface area (Å²) in [5, 5.41) is 9.03. The lowest BCUT2D eigenvalue weighted by Crippen LogP contribution is -2.46. The van der Waals surface area contributed by atoms with E-state index in [4.69, 9.17) is 4.99 Å². The molecule has 3 heterocycles. The van der Waals surface area contributed by atoms with E-state index >= 15 is 0 Å². The van der Waals surface area contributed by atoms with Crippen molar-refractivity contribution >= 4 is 34.2 Å². The number of aliphatic imine (C=N–C) groups is 1. The second kappa shape index (κ2) is 4.92. The summed E-state index contributed by atoms with van der Waals surface area (Å²) in [4.78, 5) is 8.56. The van der Waals surface area contributed by atoms with Gasteiger partial charge in [0.1, 0.15) is 5.84 Å². The van der Waals surface area contributed by atoms with Crippen molar-refractivity contribution in [3.8, 4) is 0 Å². The third kappa shape index (κ3) is 1.99. The zero-order valence-electron chi connectivity index (χ0n) is 11.1. The maximum Gasteiger partial charge on any atom is 0.148 e. The number of nitrogens with zero attached hydrogens (tertiary/aromatic N) is 2. The number of amidine groups is 1. The molecule has 1 aromatic carbocycles. The molecule has 2 aliphatic rings. The van der Waals surface area contributed by atoms with Crippen molar-refractivity contribution in [2.24, 2.45) is 4.99 Å². The fourth-order valence-corrected chi connectivity index (χ4v) is 3.53. The molecule has 0 aliphatic carbocycles. The van der Waals surface area contributed by atoms with E-state index in [0.29, 0.717) is 0 Å². The van der Waals surface area contributed by atoms with Gasteiger partial charge in [0, 0.05) is 26.2 Å². The molecule has 0 saturated carbocycles. The Bertz CT molecular complexity index is 655. The van der Waals surface area contributed by atoms with Gasteiger partial charge in [-0.15, -0.1) is 11.3 Å². The summed E-state index contributed by atoms with van der Waals surface area (Å²) in [6.45, 7) is 4.07. The highest BCUT2D eigenvalue weighted by molar-refractivity contribution is 7.12. The van der Waals surface area contributed by atoms with Gasteiger partial charge in [-0.05, 0) is 23.6 Å². The second-order valence-electron chi connectivity index (χ2n) is 4.98. The number of piperazine rings is 1. The van der Waals surface area contributed by atoms with E-state index in [2.05, 4.69) is 39.1 Å². The van der Waals surface area contributed by atoms with Gasteiger partial charge >= 0.3 is 0 Å². The van der Waals surface area contributed by atoms with Crippen LogP contribution >= 0.6 is 11.3 Å². The Balaban J connectivity index is 1.84. The van der Waals surface area contributed by atoms with Crippen LogP contribution in [0, 0.1) is 0 Å². The molecule has 102 valence electrons. The van der Waals surface area contributed by atoms with Crippen molar-refractivity contribution in [1.82, 2.24) is 10.2 Å². The Hall–Kier alpha value is -1.85. The summed E-state index contributed by atoms with van der Waals surface area (Å²) in [5.41, 5.74) is 3.26. The zero-order valence-corrected chi connectivity index (χ0v) is 11.9. The minimum atomic E-state index is 1.01. The van der Waals surface area contributed by atoms with Crippen molar-refractivity contribution in [2.45, 2.75) is 0 Å². The SMILES string of the molecule is c1ccc2c(c1)N=C(N1CCNCC1)c1sccc1N2. The van der Waals surface area contributed by atoms with Gasteiger partial charge in [-0.25, -0.2) is 4.99 Å². The maximum absolute atomic E-state index is 4.94. The first-order valence-corrected chi connectivity index (χ1v) is 7.78. The van der Waals surface area contributed by atoms with E-state index in [1.165, 1.54) is 4.88 Å². The van der Waals surface area contributed by atoms with E-state index in [9.17, 15) is 0 Å². The standard InChI is InChI=1S/C15H16N4S/c1-2-4-12-11(3-1)17-13-5-10-20-14(13)15(18-12)19-8-6-16-7-9-19/h1-5,10,16-17H,6-9H2. The van der Waals surface area contributed by atoms with Crippen LogP contribution in [0.5, 0.6) is 0 Å². The molecule has 0 atom stereocenters. The van der Waals surface area contributed by atoms with E-state index in [-0.39, 0.29) is 0 Å². The number of nitrogens with one attached hydrogen (secondary N) is 2. The predicted molar refractivity (Wildman–Crippen MR) is 84.7 cm³/mol. The first kappa shape index (κ1) is 11.9. The first-order chi connectivity index (χ1) is 9.92. The monoisotopic (exact) mass is 284 g/mol. The molecule has 0 spiro atoms. The van der Waals surface area contributed by atoms with E-state index < -0.39 is 0 Å². The Labute approximate surface area is 122 Å². The first-order valence-electron chi connectivity index (χ1n) is 6.90. The van der Waals surface area contributed by atoms with Crippen LogP contribution in [0.4, 0.5) is 17.1 Å². The van der Waals surface area contributed by atoms with Gasteiger partial charge in [-0.3, -0.25) is 0 Å². The molecule has 20 heavy (non-hydrogen) atoms. The number of benzene rings is 1. The van der Waals surface area contributed by atoms with Crippen LogP contribution in [0.1, 0.15) is 4.88 Å². The molecule has 1 saturated heterocycles. The third-order valence-electron chi connectivity index (χ3n) is 3.68. The minimum absolute atomic E-state index is 1.01. The van der Waals surface area contributed by atoms with Crippen LogP contribution in [-0.2, 0) is 0 Å². The molecular weight excluding hydrogens is 268 g/mol. The third-order valence-corrected chi connectivity index (χ3v) is 4.59. The van der Waals surface area contributed by atoms with Gasteiger partial charge < -0.3 is 15.5 Å². The zero-order chi connectivity index (χ0) is 13.4. The van der Waals surface area contributed by atoms with Gasteiger partial charge in [-0.1, -0.05) is 12.1 Å². The summed E-state index contributed by atoms with van der Waals surface area (Å²) >= 11 is 1.76. The fraction of sp³-hybridized carbons (Fsp3) is 0.267. The van der Waals surface area contributed by atoms with Crippen LogP contribution in [0.25, 0.3) is 0 Å². The number of hydrogen-bond donors (Lipinski definition) is 2. The molecule has 1 aromatic heterocycles. The summed E-state index contributed by atoms with van der Waals surface area (Å²) in [6.07, 6.45) is 0. The van der Waals surface area contributed by atoms with Crippen LogP contribution in [0.3, 0.4) is 0 Å². The normalized spacial score (nSPS) is 17.6. The van der Waals surface area contributed by atoms with Gasteiger partial charge in [-0.2, -0.15) is 0 Å². The lowest BCUT2D eigenvalue weighted by molar-refractivity contribution is 0.358. The van der Waals surface area contributed by atoms with Crippen molar-refractivity contribution in [3.63, 3.8) is 0 Å². The van der Waals surface area contributed by atoms with Crippen molar-refractivity contribution < 1.29 is 0 Å². The second-order valence-corrected chi connectivity index (χ2v) is 5.89. The molecule has 5 heteroatoms. The summed E-state index contributed by atoms with van der Waals surface area (Å²) in [7, 11) is 0. The van der Waals surface area contributed by atoms with E-state index in [0.717, 1.165) is 49.1 Å². The van der Waals surface area contributed by atoms with Crippen LogP contribution in [-0.4, -0.2) is 36.9 Å². The van der Waals surface area contributed by atoms with Gasteiger partial charge in [0.15, 0.2) is 0 Å². The fourth-order valence-electron chi connectivity index (χ4n) is 2.66. The number of fused-ring (bicyclic) bond motifs is 2. The van der Waals surface area contributed by atoms with E-state index in [1.807, 2.05) is 12.1 Å². The molecule has 0 radical (unpaired) electrons. The Morgan fingerprint density at radius 2 is 1.90 bits per heavy atom. The molecule has 1 fully saturated rings. The Morgan fingerprint density at radius 3 is 2.80 bits per heavy atom. The molecule has 4 rings (SSSR count). The molecule has 2 N–H and O–H groups in total. The average molecular weight is 284 g/mol. The summed E-state index contributed by atoms with van der Waals surface area (Å²) in [6, 6.07) is 10.4. The van der Waals surface area contributed by atoms with Gasteiger partial charge in [0.05, 0.1) is 21.9 Å². The van der Waals surface area contributed by atoms with Crippen LogP contribution < -0.4 is 10.6 Å². The van der Waals surface area contributed by atoms with Crippen molar-refractivity contribution in [2.75, 3.05) is 31.5 Å². The van der Waals surface area contributed by atoms with Crippen LogP contribution in [0.15, 0.2) is 40.7 Å². The lowest BCUT2D eigenvalue weighted by Gasteiger charge is -2.29. The molecule has 2 aliphatic heterocycles. The molecule has 2 aromatic rings. The predicted octanol–water partition coefficient (Wildman–Crippen LogP) is 2.79. The molecule has 0 unspecified atom stereocenters. The summed E-state index contributed by atoms with van der Waals surface area (Å²) in [5.74, 6) is 1.11. The van der Waals surface area contributed by atoms with Crippen molar-refractivity contribution in [3.05, 3.63) is 40.6 Å². The average Bonchev–Trinajstić information content (AvgIpc) is 2.89. The Kier molecular flexibility index (Phi) is 2.94. The molecule has 0 bridgehead atoms. The maximum atomic E-state index is 4.94. The van der Waals surface area contributed by atoms with E-state index in [1.54, 1.807) is 11.3 Å². The number of para-hydroxylation sites is 2. The van der Waals surface area contributed by atoms with Crippen LogP contribution in [0.2, 0.25) is 0 Å². The number of anilines is 2. The number of rotatable bonds is 0. The smallest absolute Gasteiger partial charge is 0.148 e. The lowest BCUT2D eigenvalue weighted by atomic mass is 10.2. The number of thiophene rings is 1. The molecular formula is C15H16N4S. The summed E-state index contributed by atoms with van der Waals surface area (Å²) < 4.78 is 0. The van der Waals surface area contributed by atoms with Gasteiger partial charge in [0.25, 0.3) is 0 Å². The molecule has 4 nitrogen and oxygen atoms in total. The highest BCUT2D eigenvalue weighted by Gasteiger charge is 2.23. The van der Waals surface area contributed by atoms with Gasteiger partial charge in [0.2, 0.25) is 0 Å². The number of hydrogen-bond acceptors (Lipinski definition) is 5. The Morgan fingerprint density at radius 1 is 1.05 bits per heavy atom. The van der Waals surface area contributed by atoms with Crippen molar-refractivity contribution in [1.29, 1.82) is 0 Å². The minimum Gasteiger partial charge on any atom is -0.353 e. The quantitative estimate of drug-likeness (QED) is 0.781. The highest BCUT2D eigenvalue weighted by Crippen LogP contribution is 2.36. The topological polar surface area (TPSA) is 39.7 Å². The largest absolute Gasteiger partial charge is 0.353 e.